The van der Waals surface area contributed by atoms with Crippen LogP contribution < -0.4 is 4.74 Å². The molecule has 1 aromatic heterocycles. The van der Waals surface area contributed by atoms with Crippen molar-refractivity contribution in [2.24, 2.45) is 0 Å². The van der Waals surface area contributed by atoms with Crippen molar-refractivity contribution in [1.29, 1.82) is 0 Å². The molecule has 5 nitrogen and oxygen atoms in total. The van der Waals surface area contributed by atoms with Crippen molar-refractivity contribution in [3.05, 3.63) is 41.9 Å². The van der Waals surface area contributed by atoms with Crippen LogP contribution in [0.5, 0.6) is 17.2 Å². The molecule has 1 atom stereocenters. The highest BCUT2D eigenvalue weighted by atomic mass is 16.5. The molecule has 1 unspecified atom stereocenters. The zero-order chi connectivity index (χ0) is 12.7. The highest BCUT2D eigenvalue weighted by Gasteiger charge is 2.29. The molecule has 0 amide bonds. The summed E-state index contributed by atoms with van der Waals surface area (Å²) >= 11 is 0. The summed E-state index contributed by atoms with van der Waals surface area (Å²) in [6, 6.07) is 4.19. The number of furan rings is 1. The smallest absolute Gasteiger partial charge is 0.170 e. The predicted octanol–water partition coefficient (Wildman–Crippen LogP) is 2.40. The first kappa shape index (κ1) is 10.7. The first-order chi connectivity index (χ1) is 8.65. The third-order valence-corrected chi connectivity index (χ3v) is 2.93. The molecule has 1 aliphatic rings. The Bertz CT molecular complexity index is 600. The van der Waals surface area contributed by atoms with Gasteiger partial charge in [0.2, 0.25) is 0 Å². The van der Waals surface area contributed by atoms with E-state index < -0.39 is 6.10 Å². The topological polar surface area (TPSA) is 79.9 Å². The minimum Gasteiger partial charge on any atom is -0.504 e. The Morgan fingerprint density at radius 1 is 1.22 bits per heavy atom. The Balaban J connectivity index is 2.02. The van der Waals surface area contributed by atoms with Crippen LogP contribution in [0.1, 0.15) is 28.4 Å². The summed E-state index contributed by atoms with van der Waals surface area (Å²) in [7, 11) is 0. The van der Waals surface area contributed by atoms with Gasteiger partial charge in [0.1, 0.15) is 11.9 Å². The van der Waals surface area contributed by atoms with Gasteiger partial charge in [-0.15, -0.1) is 0 Å². The van der Waals surface area contributed by atoms with E-state index in [9.17, 15) is 15.0 Å². The Kier molecular flexibility index (Phi) is 2.26. The maximum Gasteiger partial charge on any atom is 0.170 e. The van der Waals surface area contributed by atoms with Crippen LogP contribution in [-0.4, -0.2) is 16.0 Å². The van der Waals surface area contributed by atoms with Gasteiger partial charge in [0.15, 0.2) is 17.3 Å². The van der Waals surface area contributed by atoms with Crippen LogP contribution in [-0.2, 0) is 0 Å². The number of hydrogen-bond donors (Lipinski definition) is 2. The van der Waals surface area contributed by atoms with Crippen molar-refractivity contribution in [3.8, 4) is 17.2 Å². The van der Waals surface area contributed by atoms with Gasteiger partial charge < -0.3 is 19.4 Å². The fourth-order valence-corrected chi connectivity index (χ4v) is 1.99. The first-order valence-corrected chi connectivity index (χ1v) is 5.43. The molecule has 18 heavy (non-hydrogen) atoms. The van der Waals surface area contributed by atoms with Crippen molar-refractivity contribution in [2.45, 2.75) is 12.5 Å². The third-order valence-electron chi connectivity index (χ3n) is 2.93. The largest absolute Gasteiger partial charge is 0.504 e. The second-order valence-electron chi connectivity index (χ2n) is 4.13. The van der Waals surface area contributed by atoms with E-state index in [2.05, 4.69) is 0 Å². The zero-order valence-electron chi connectivity index (χ0n) is 9.29. The predicted molar refractivity (Wildman–Crippen MR) is 60.8 cm³/mol. The van der Waals surface area contributed by atoms with Gasteiger partial charge in [-0.05, 0) is 12.1 Å². The molecule has 2 heterocycles. The van der Waals surface area contributed by atoms with Gasteiger partial charge in [-0.2, -0.15) is 0 Å². The van der Waals surface area contributed by atoms with Gasteiger partial charge in [-0.25, -0.2) is 0 Å². The average molecular weight is 246 g/mol. The molecule has 92 valence electrons. The molecule has 0 saturated carbocycles. The highest BCUT2D eigenvalue weighted by Crippen LogP contribution is 2.40. The number of carbonyl (C=O) groups is 1. The van der Waals surface area contributed by atoms with Crippen molar-refractivity contribution in [1.82, 2.24) is 0 Å². The number of Topliss-reactive ketones (excluding diaryl/α,β-unsaturated/α-hetero) is 1. The lowest BCUT2D eigenvalue weighted by molar-refractivity contribution is 0.0848. The Hall–Kier alpha value is -2.43. The minimum atomic E-state index is -0.423. The van der Waals surface area contributed by atoms with E-state index in [1.807, 2.05) is 0 Å². The molecular formula is C13H10O5. The number of phenolic OH excluding ortho intramolecular Hbond substituents is 2. The lowest BCUT2D eigenvalue weighted by Gasteiger charge is -2.24. The van der Waals surface area contributed by atoms with E-state index in [0.717, 1.165) is 5.56 Å². The van der Waals surface area contributed by atoms with Crippen LogP contribution in [0.4, 0.5) is 0 Å². The Morgan fingerprint density at radius 3 is 2.72 bits per heavy atom. The van der Waals surface area contributed by atoms with Crippen molar-refractivity contribution in [2.75, 3.05) is 0 Å². The van der Waals surface area contributed by atoms with Crippen molar-refractivity contribution >= 4 is 5.78 Å². The van der Waals surface area contributed by atoms with Crippen LogP contribution in [0.25, 0.3) is 0 Å². The standard InChI is InChI=1S/C13H10O5/c14-9-4-12(7-1-2-17-6-7)18-13-5-11(16)10(15)3-8(9)13/h1-3,5-6,12,15-16H,4H2. The lowest BCUT2D eigenvalue weighted by Crippen LogP contribution is -2.19. The highest BCUT2D eigenvalue weighted by molar-refractivity contribution is 6.00. The maximum atomic E-state index is 12.0. The molecule has 1 aliphatic heterocycles. The summed E-state index contributed by atoms with van der Waals surface area (Å²) in [5.41, 5.74) is 1.05. The number of rotatable bonds is 1. The average Bonchev–Trinajstić information content (AvgIpc) is 2.85. The maximum absolute atomic E-state index is 12.0. The molecule has 0 aliphatic carbocycles. The van der Waals surface area contributed by atoms with Crippen LogP contribution in [0.3, 0.4) is 0 Å². The van der Waals surface area contributed by atoms with E-state index in [4.69, 9.17) is 9.15 Å². The molecular weight excluding hydrogens is 236 g/mol. The number of phenols is 2. The fraction of sp³-hybridized carbons (Fsp3) is 0.154. The summed E-state index contributed by atoms with van der Waals surface area (Å²) in [5.74, 6) is -0.507. The quantitative estimate of drug-likeness (QED) is 0.755. The second-order valence-corrected chi connectivity index (χ2v) is 4.13. The van der Waals surface area contributed by atoms with Crippen molar-refractivity contribution < 1.29 is 24.2 Å². The van der Waals surface area contributed by atoms with Gasteiger partial charge in [0.25, 0.3) is 0 Å². The molecule has 2 aromatic rings. The zero-order valence-corrected chi connectivity index (χ0v) is 9.29. The summed E-state index contributed by atoms with van der Waals surface area (Å²) in [4.78, 5) is 12.0. The van der Waals surface area contributed by atoms with Crippen LogP contribution in [0, 0.1) is 0 Å². The summed E-state index contributed by atoms with van der Waals surface area (Å²) in [6.45, 7) is 0. The summed E-state index contributed by atoms with van der Waals surface area (Å²) in [6.07, 6.45) is 2.78. The Labute approximate surface area is 102 Å². The van der Waals surface area contributed by atoms with Gasteiger partial charge in [0, 0.05) is 11.6 Å². The molecule has 0 fully saturated rings. The van der Waals surface area contributed by atoms with E-state index in [1.54, 1.807) is 6.07 Å². The van der Waals surface area contributed by atoms with E-state index >= 15 is 0 Å². The normalized spacial score (nSPS) is 18.2. The van der Waals surface area contributed by atoms with Crippen LogP contribution in [0.15, 0.2) is 35.1 Å². The second kappa shape index (κ2) is 3.80. The Morgan fingerprint density at radius 2 is 2.00 bits per heavy atom. The van der Waals surface area contributed by atoms with Gasteiger partial charge in [-0.1, -0.05) is 0 Å². The lowest BCUT2D eigenvalue weighted by atomic mass is 9.97. The fourth-order valence-electron chi connectivity index (χ4n) is 1.99. The molecule has 0 saturated heterocycles. The SMILES string of the molecule is O=C1CC(c2ccoc2)Oc2cc(O)c(O)cc21. The molecule has 3 rings (SSSR count). The number of fused-ring (bicyclic) bond motifs is 1. The molecule has 2 N–H and O–H groups in total. The van der Waals surface area contributed by atoms with Crippen LogP contribution in [0.2, 0.25) is 0 Å². The number of carbonyl (C=O) groups excluding carboxylic acids is 1. The van der Waals surface area contributed by atoms with Gasteiger partial charge >= 0.3 is 0 Å². The molecule has 0 bridgehead atoms. The molecule has 1 aromatic carbocycles. The van der Waals surface area contributed by atoms with E-state index in [1.165, 1.54) is 24.7 Å². The van der Waals surface area contributed by atoms with Gasteiger partial charge in [0.05, 0.1) is 24.5 Å². The molecule has 5 heteroatoms. The number of benzene rings is 1. The number of aromatic hydroxyl groups is 2. The minimum absolute atomic E-state index is 0.141. The summed E-state index contributed by atoms with van der Waals surface area (Å²) in [5, 5.41) is 18.8. The first-order valence-electron chi connectivity index (χ1n) is 5.43. The van der Waals surface area contributed by atoms with Crippen molar-refractivity contribution in [3.63, 3.8) is 0 Å². The van der Waals surface area contributed by atoms with E-state index in [0.29, 0.717) is 0 Å². The van der Waals surface area contributed by atoms with Crippen LogP contribution >= 0.6 is 0 Å². The van der Waals surface area contributed by atoms with E-state index in [-0.39, 0.29) is 35.0 Å². The molecule has 0 radical (unpaired) electrons. The molecule has 0 spiro atoms. The monoisotopic (exact) mass is 246 g/mol. The number of ether oxygens (including phenoxy) is 1. The number of ketones is 1. The summed E-state index contributed by atoms with van der Waals surface area (Å²) < 4.78 is 10.6. The number of hydrogen-bond acceptors (Lipinski definition) is 5. The third kappa shape index (κ3) is 1.60. The van der Waals surface area contributed by atoms with Gasteiger partial charge in [-0.3, -0.25) is 4.79 Å².